The Balaban J connectivity index is 2.01. The van der Waals surface area contributed by atoms with Gasteiger partial charge in [0.05, 0.1) is 17.4 Å². The van der Waals surface area contributed by atoms with E-state index in [9.17, 15) is 4.79 Å². The second-order valence-electron chi connectivity index (χ2n) is 4.80. The number of terminal acetylenes is 1. The van der Waals surface area contributed by atoms with Crippen molar-refractivity contribution < 1.29 is 4.74 Å². The van der Waals surface area contributed by atoms with Crippen molar-refractivity contribution in [1.29, 1.82) is 0 Å². The van der Waals surface area contributed by atoms with Crippen LogP contribution in [0.25, 0.3) is 5.69 Å². The van der Waals surface area contributed by atoms with Gasteiger partial charge in [-0.2, -0.15) is 4.68 Å². The van der Waals surface area contributed by atoms with E-state index in [-0.39, 0.29) is 6.61 Å². The Morgan fingerprint density at radius 1 is 1.35 bits per heavy atom. The zero-order chi connectivity index (χ0) is 16.2. The van der Waals surface area contributed by atoms with E-state index in [2.05, 4.69) is 26.4 Å². The molecule has 3 rings (SSSR count). The van der Waals surface area contributed by atoms with Crippen molar-refractivity contribution in [3.63, 3.8) is 0 Å². The predicted octanol–water partition coefficient (Wildman–Crippen LogP) is 1.22. The molecule has 2 heterocycles. The van der Waals surface area contributed by atoms with Gasteiger partial charge >= 0.3 is 5.69 Å². The second-order valence-corrected chi connectivity index (χ2v) is 4.80. The normalized spacial score (nSPS) is 10.3. The maximum atomic E-state index is 11.8. The number of hydrogen-bond acceptors (Lipinski definition) is 5. The highest BCUT2D eigenvalue weighted by Gasteiger charge is 2.14. The van der Waals surface area contributed by atoms with Crippen LogP contribution in [0.5, 0.6) is 5.75 Å². The van der Waals surface area contributed by atoms with Gasteiger partial charge in [-0.05, 0) is 29.0 Å². The van der Waals surface area contributed by atoms with Crippen molar-refractivity contribution in [2.24, 2.45) is 0 Å². The van der Waals surface area contributed by atoms with Crippen LogP contribution in [-0.2, 0) is 6.61 Å². The molecule has 0 fully saturated rings. The summed E-state index contributed by atoms with van der Waals surface area (Å²) in [5, 5.41) is 9.45. The van der Waals surface area contributed by atoms with Crippen LogP contribution in [-0.4, -0.2) is 25.2 Å². The lowest BCUT2D eigenvalue weighted by Gasteiger charge is -2.13. The number of hydrogen-bond donors (Lipinski definition) is 1. The molecule has 0 unspecified atom stereocenters. The zero-order valence-electron chi connectivity index (χ0n) is 12.4. The number of para-hydroxylation sites is 1. The van der Waals surface area contributed by atoms with Crippen molar-refractivity contribution in [3.05, 3.63) is 63.8 Å². The second kappa shape index (κ2) is 6.15. The summed E-state index contributed by atoms with van der Waals surface area (Å²) in [6, 6.07) is 7.64. The molecule has 0 saturated heterocycles. The first-order chi connectivity index (χ1) is 11.2. The first kappa shape index (κ1) is 14.5. The van der Waals surface area contributed by atoms with Gasteiger partial charge in [0.15, 0.2) is 0 Å². The van der Waals surface area contributed by atoms with Gasteiger partial charge in [0.2, 0.25) is 0 Å². The van der Waals surface area contributed by atoms with Gasteiger partial charge in [-0.15, -0.1) is 6.42 Å². The number of ether oxygens (including phenoxy) is 1. The minimum atomic E-state index is -0.474. The summed E-state index contributed by atoms with van der Waals surface area (Å²) in [6.45, 7) is 2.13. The summed E-state index contributed by atoms with van der Waals surface area (Å²) >= 11 is 0. The average Bonchev–Trinajstić information content (AvgIpc) is 2.99. The molecule has 0 aliphatic carbocycles. The van der Waals surface area contributed by atoms with Crippen molar-refractivity contribution in [1.82, 2.24) is 25.2 Å². The molecule has 0 aliphatic heterocycles. The van der Waals surface area contributed by atoms with E-state index >= 15 is 0 Å². The Labute approximate surface area is 131 Å². The van der Waals surface area contributed by atoms with Crippen LogP contribution in [0.15, 0.2) is 41.5 Å². The van der Waals surface area contributed by atoms with Crippen molar-refractivity contribution >= 4 is 0 Å². The number of rotatable bonds is 4. The minimum Gasteiger partial charge on any atom is -0.489 e. The molecule has 0 bridgehead atoms. The van der Waals surface area contributed by atoms with Crippen molar-refractivity contribution in [2.75, 3.05) is 0 Å². The largest absolute Gasteiger partial charge is 0.489 e. The summed E-state index contributed by atoms with van der Waals surface area (Å²) in [6.07, 6.45) is 8.58. The smallest absolute Gasteiger partial charge is 0.365 e. The van der Waals surface area contributed by atoms with Crippen LogP contribution in [0.3, 0.4) is 0 Å². The SMILES string of the molecule is C#Cc1cncc(-n2nn[nH]c2=O)c1COc1ccccc1C. The fourth-order valence-corrected chi connectivity index (χ4v) is 2.16. The van der Waals surface area contributed by atoms with Crippen LogP contribution in [0, 0.1) is 19.3 Å². The number of tetrazole rings is 1. The highest BCUT2D eigenvalue weighted by atomic mass is 16.5. The number of benzene rings is 1. The number of nitrogens with zero attached hydrogens (tertiary/aromatic N) is 4. The molecule has 1 N–H and O–H groups in total. The standard InChI is InChI=1S/C16H13N5O2/c1-3-12-8-17-9-14(21-16(22)18-19-20-21)13(12)10-23-15-7-5-4-6-11(15)2/h1,4-9H,10H2,2H3,(H,18,20,22). The maximum absolute atomic E-state index is 11.8. The number of nitrogens with one attached hydrogen (secondary N) is 1. The van der Waals surface area contributed by atoms with E-state index in [0.717, 1.165) is 16.0 Å². The van der Waals surface area contributed by atoms with Crippen LogP contribution in [0.1, 0.15) is 16.7 Å². The van der Waals surface area contributed by atoms with Gasteiger partial charge in [-0.1, -0.05) is 24.1 Å². The lowest BCUT2D eigenvalue weighted by atomic mass is 10.1. The van der Waals surface area contributed by atoms with Gasteiger partial charge in [0, 0.05) is 11.8 Å². The van der Waals surface area contributed by atoms with Crippen LogP contribution < -0.4 is 10.4 Å². The van der Waals surface area contributed by atoms with E-state index in [1.165, 1.54) is 6.20 Å². The summed E-state index contributed by atoms with van der Waals surface area (Å²) in [5.41, 5.74) is 2.14. The number of pyridine rings is 1. The molecule has 0 aliphatic rings. The molecule has 1 aromatic carbocycles. The van der Waals surface area contributed by atoms with Crippen molar-refractivity contribution in [2.45, 2.75) is 13.5 Å². The number of aryl methyl sites for hydroxylation is 1. The molecule has 0 atom stereocenters. The molecular formula is C16H13N5O2. The van der Waals surface area contributed by atoms with Gasteiger partial charge in [-0.25, -0.2) is 9.89 Å². The molecule has 0 spiro atoms. The molecule has 23 heavy (non-hydrogen) atoms. The van der Waals surface area contributed by atoms with E-state index in [0.29, 0.717) is 16.8 Å². The molecule has 114 valence electrons. The highest BCUT2D eigenvalue weighted by molar-refractivity contribution is 5.49. The molecule has 0 saturated carbocycles. The lowest BCUT2D eigenvalue weighted by molar-refractivity contribution is 0.303. The number of aromatic nitrogens is 5. The van der Waals surface area contributed by atoms with E-state index < -0.39 is 5.69 Å². The Bertz CT molecular complexity index is 936. The third kappa shape index (κ3) is 2.82. The van der Waals surface area contributed by atoms with Gasteiger partial charge < -0.3 is 4.74 Å². The Morgan fingerprint density at radius 2 is 2.17 bits per heavy atom. The zero-order valence-corrected chi connectivity index (χ0v) is 12.4. The average molecular weight is 307 g/mol. The van der Waals surface area contributed by atoms with Crippen LogP contribution >= 0.6 is 0 Å². The molecule has 2 aromatic heterocycles. The summed E-state index contributed by atoms with van der Waals surface area (Å²) in [4.78, 5) is 15.8. The van der Waals surface area contributed by atoms with Gasteiger partial charge in [0.1, 0.15) is 12.4 Å². The lowest BCUT2D eigenvalue weighted by Crippen LogP contribution is -2.19. The fourth-order valence-electron chi connectivity index (χ4n) is 2.16. The fraction of sp³-hybridized carbons (Fsp3) is 0.125. The molecule has 7 heteroatoms. The third-order valence-corrected chi connectivity index (χ3v) is 3.36. The number of H-pyrrole nitrogens is 1. The van der Waals surface area contributed by atoms with Crippen LogP contribution in [0.4, 0.5) is 0 Å². The topological polar surface area (TPSA) is 85.7 Å². The van der Waals surface area contributed by atoms with E-state index in [1.807, 2.05) is 31.2 Å². The minimum absolute atomic E-state index is 0.182. The molecule has 7 nitrogen and oxygen atoms in total. The van der Waals surface area contributed by atoms with Crippen molar-refractivity contribution in [3.8, 4) is 23.8 Å². The Hall–Kier alpha value is -3.40. The number of aromatic amines is 1. The van der Waals surface area contributed by atoms with E-state index in [1.54, 1.807) is 6.20 Å². The first-order valence-electron chi connectivity index (χ1n) is 6.83. The maximum Gasteiger partial charge on any atom is 0.365 e. The molecule has 0 radical (unpaired) electrons. The van der Waals surface area contributed by atoms with Gasteiger partial charge in [0.25, 0.3) is 0 Å². The third-order valence-electron chi connectivity index (χ3n) is 3.36. The van der Waals surface area contributed by atoms with Gasteiger partial charge in [-0.3, -0.25) is 4.98 Å². The molecule has 0 amide bonds. The predicted molar refractivity (Wildman–Crippen MR) is 83.2 cm³/mol. The van der Waals surface area contributed by atoms with Crippen LogP contribution in [0.2, 0.25) is 0 Å². The Morgan fingerprint density at radius 3 is 2.87 bits per heavy atom. The molecule has 3 aromatic rings. The summed E-state index contributed by atoms with van der Waals surface area (Å²) in [5.74, 6) is 3.29. The highest BCUT2D eigenvalue weighted by Crippen LogP contribution is 2.21. The molecular weight excluding hydrogens is 294 g/mol. The summed E-state index contributed by atoms with van der Waals surface area (Å²) in [7, 11) is 0. The summed E-state index contributed by atoms with van der Waals surface area (Å²) < 4.78 is 6.95. The quantitative estimate of drug-likeness (QED) is 0.732. The first-order valence-corrected chi connectivity index (χ1v) is 6.83. The van der Waals surface area contributed by atoms with E-state index in [4.69, 9.17) is 11.2 Å². The monoisotopic (exact) mass is 307 g/mol. The Kier molecular flexibility index (Phi) is 3.89.